The number of amides is 1. The summed E-state index contributed by atoms with van der Waals surface area (Å²) in [6, 6.07) is 13.6. The molecule has 7 nitrogen and oxygen atoms in total. The van der Waals surface area contributed by atoms with Crippen LogP contribution < -0.4 is 10.2 Å². The molecule has 3 aromatic rings. The molecule has 0 atom stereocenters. The third-order valence-electron chi connectivity index (χ3n) is 3.34. The summed E-state index contributed by atoms with van der Waals surface area (Å²) in [5.41, 5.74) is 2.95. The Hall–Kier alpha value is -3.65. The van der Waals surface area contributed by atoms with Crippen LogP contribution in [0.1, 0.15) is 25.6 Å². The van der Waals surface area contributed by atoms with Gasteiger partial charge < -0.3 is 14.9 Å². The number of ether oxygens (including phenoxy) is 1. The van der Waals surface area contributed by atoms with E-state index in [0.29, 0.717) is 16.2 Å². The van der Waals surface area contributed by atoms with Crippen molar-refractivity contribution >= 4 is 29.4 Å². The van der Waals surface area contributed by atoms with Gasteiger partial charge in [-0.15, -0.1) is 11.3 Å². The van der Waals surface area contributed by atoms with E-state index in [1.54, 1.807) is 41.8 Å². The van der Waals surface area contributed by atoms with Gasteiger partial charge in [0.15, 0.2) is 0 Å². The summed E-state index contributed by atoms with van der Waals surface area (Å²) in [6.45, 7) is 0. The molecular formula is C19H14N2O5S. The summed E-state index contributed by atoms with van der Waals surface area (Å²) in [5, 5.41) is 24.4. The van der Waals surface area contributed by atoms with Gasteiger partial charge in [-0.2, -0.15) is 5.10 Å². The normalized spacial score (nSPS) is 10.7. The third-order valence-corrected chi connectivity index (χ3v) is 4.19. The van der Waals surface area contributed by atoms with Crippen molar-refractivity contribution in [3.63, 3.8) is 0 Å². The smallest absolute Gasteiger partial charge is 0.353 e. The lowest BCUT2D eigenvalue weighted by molar-refractivity contribution is 0.0739. The third kappa shape index (κ3) is 4.93. The van der Waals surface area contributed by atoms with E-state index in [1.165, 1.54) is 29.7 Å². The molecule has 0 radical (unpaired) electrons. The summed E-state index contributed by atoms with van der Waals surface area (Å²) in [6.07, 6.45) is 1.38. The second kappa shape index (κ2) is 8.15. The highest BCUT2D eigenvalue weighted by molar-refractivity contribution is 7.12. The number of hydrogen-bond acceptors (Lipinski definition) is 7. The number of nitrogens with one attached hydrogen (secondary N) is 1. The lowest BCUT2D eigenvalue weighted by Gasteiger charge is -2.04. The van der Waals surface area contributed by atoms with Gasteiger partial charge in [-0.25, -0.2) is 10.2 Å². The van der Waals surface area contributed by atoms with E-state index in [1.807, 2.05) is 0 Å². The molecule has 0 aliphatic heterocycles. The molecule has 3 rings (SSSR count). The molecule has 1 heterocycles. The molecule has 0 aliphatic rings. The molecule has 0 spiro atoms. The quantitative estimate of drug-likeness (QED) is 0.272. The first-order chi connectivity index (χ1) is 13.0. The van der Waals surface area contributed by atoms with Gasteiger partial charge in [0, 0.05) is 11.6 Å². The van der Waals surface area contributed by atoms with Crippen LogP contribution in [0.15, 0.2) is 65.1 Å². The van der Waals surface area contributed by atoms with Crippen LogP contribution in [0.4, 0.5) is 0 Å². The van der Waals surface area contributed by atoms with Crippen molar-refractivity contribution < 1.29 is 24.5 Å². The zero-order valence-electron chi connectivity index (χ0n) is 13.8. The number of benzene rings is 2. The number of carbonyl (C=O) groups excluding carboxylic acids is 2. The van der Waals surface area contributed by atoms with Crippen LogP contribution in [0.5, 0.6) is 17.2 Å². The summed E-state index contributed by atoms with van der Waals surface area (Å²) >= 11 is 1.29. The van der Waals surface area contributed by atoms with Crippen molar-refractivity contribution in [1.82, 2.24) is 5.43 Å². The molecule has 0 bridgehead atoms. The summed E-state index contributed by atoms with van der Waals surface area (Å²) in [7, 11) is 0. The van der Waals surface area contributed by atoms with Crippen LogP contribution in [-0.4, -0.2) is 28.3 Å². The maximum atomic E-state index is 12.0. The van der Waals surface area contributed by atoms with Crippen molar-refractivity contribution in [2.45, 2.75) is 0 Å². The van der Waals surface area contributed by atoms with Crippen LogP contribution >= 0.6 is 11.3 Å². The van der Waals surface area contributed by atoms with E-state index in [0.717, 1.165) is 6.07 Å². The predicted octanol–water partition coefficient (Wildman–Crippen LogP) is 3.14. The Bertz CT molecular complexity index is 979. The monoisotopic (exact) mass is 382 g/mol. The largest absolute Gasteiger partial charge is 0.508 e. The van der Waals surface area contributed by atoms with Gasteiger partial charge in [0.05, 0.1) is 6.21 Å². The number of carbonyl (C=O) groups is 2. The Labute approximate surface area is 158 Å². The molecule has 0 fully saturated rings. The van der Waals surface area contributed by atoms with Crippen molar-refractivity contribution in [2.24, 2.45) is 5.10 Å². The number of nitrogens with zero attached hydrogens (tertiary/aromatic N) is 1. The molecule has 0 saturated heterocycles. The van der Waals surface area contributed by atoms with Gasteiger partial charge in [0.1, 0.15) is 22.1 Å². The minimum atomic E-state index is -0.599. The van der Waals surface area contributed by atoms with Gasteiger partial charge in [0.2, 0.25) is 0 Å². The number of hydrogen-bond donors (Lipinski definition) is 3. The number of thiophene rings is 1. The average molecular weight is 382 g/mol. The first kappa shape index (κ1) is 18.2. The maximum absolute atomic E-state index is 12.0. The van der Waals surface area contributed by atoms with E-state index in [2.05, 4.69) is 10.5 Å². The van der Waals surface area contributed by atoms with E-state index >= 15 is 0 Å². The fraction of sp³-hybridized carbons (Fsp3) is 0. The van der Waals surface area contributed by atoms with Crippen LogP contribution in [0, 0.1) is 0 Å². The Morgan fingerprint density at radius 2 is 1.81 bits per heavy atom. The fourth-order valence-corrected chi connectivity index (χ4v) is 2.77. The molecule has 8 heteroatoms. The molecule has 0 aliphatic carbocycles. The Kier molecular flexibility index (Phi) is 5.48. The Balaban J connectivity index is 1.63. The topological polar surface area (TPSA) is 108 Å². The number of rotatable bonds is 5. The lowest BCUT2D eigenvalue weighted by atomic mass is 10.2. The van der Waals surface area contributed by atoms with Gasteiger partial charge in [-0.1, -0.05) is 18.2 Å². The zero-order valence-corrected chi connectivity index (χ0v) is 14.6. The molecule has 3 N–H and O–H groups in total. The highest BCUT2D eigenvalue weighted by Gasteiger charge is 2.10. The summed E-state index contributed by atoms with van der Waals surface area (Å²) in [4.78, 5) is 24.4. The summed E-state index contributed by atoms with van der Waals surface area (Å²) < 4.78 is 5.29. The highest BCUT2D eigenvalue weighted by atomic mass is 32.1. The lowest BCUT2D eigenvalue weighted by Crippen LogP contribution is -2.17. The van der Waals surface area contributed by atoms with Gasteiger partial charge >= 0.3 is 5.97 Å². The molecule has 2 aromatic carbocycles. The van der Waals surface area contributed by atoms with Crippen LogP contribution in [0.25, 0.3) is 0 Å². The maximum Gasteiger partial charge on any atom is 0.353 e. The minimum absolute atomic E-state index is 0.0586. The second-order valence-corrected chi connectivity index (χ2v) is 6.32. The Morgan fingerprint density at radius 3 is 2.52 bits per heavy atom. The number of phenolic OH excluding ortho intramolecular Hbond substituents is 2. The van der Waals surface area contributed by atoms with Gasteiger partial charge in [-0.3, -0.25) is 4.79 Å². The molecule has 0 unspecified atom stereocenters. The number of phenols is 2. The SMILES string of the molecule is O=C(N/N=C\c1cccc(OC(=O)c2cccs2)c1)c1cc(O)cc(O)c1. The molecule has 1 aromatic heterocycles. The van der Waals surface area contributed by atoms with E-state index < -0.39 is 11.9 Å². The first-order valence-electron chi connectivity index (χ1n) is 7.73. The minimum Gasteiger partial charge on any atom is -0.508 e. The van der Waals surface area contributed by atoms with E-state index in [-0.39, 0.29) is 17.1 Å². The van der Waals surface area contributed by atoms with Crippen LogP contribution in [0.2, 0.25) is 0 Å². The van der Waals surface area contributed by atoms with Gasteiger partial charge in [0.25, 0.3) is 5.91 Å². The average Bonchev–Trinajstić information content (AvgIpc) is 3.16. The molecule has 1 amide bonds. The van der Waals surface area contributed by atoms with Crippen molar-refractivity contribution in [2.75, 3.05) is 0 Å². The second-order valence-electron chi connectivity index (χ2n) is 5.38. The Morgan fingerprint density at radius 1 is 1.04 bits per heavy atom. The number of hydrazone groups is 1. The van der Waals surface area contributed by atoms with E-state index in [9.17, 15) is 19.8 Å². The summed E-state index contributed by atoms with van der Waals surface area (Å²) in [5.74, 6) is -1.16. The highest BCUT2D eigenvalue weighted by Crippen LogP contribution is 2.20. The van der Waals surface area contributed by atoms with Crippen molar-refractivity contribution in [3.05, 3.63) is 76.0 Å². The molecule has 27 heavy (non-hydrogen) atoms. The zero-order chi connectivity index (χ0) is 19.2. The number of aromatic hydroxyl groups is 2. The van der Waals surface area contributed by atoms with Crippen LogP contribution in [0.3, 0.4) is 0 Å². The number of esters is 1. The molecule has 136 valence electrons. The molecular weight excluding hydrogens is 368 g/mol. The van der Waals surface area contributed by atoms with Crippen LogP contribution in [-0.2, 0) is 0 Å². The van der Waals surface area contributed by atoms with Crippen molar-refractivity contribution in [3.8, 4) is 17.2 Å². The van der Waals surface area contributed by atoms with Gasteiger partial charge in [-0.05, 0) is 41.3 Å². The standard InChI is InChI=1S/C19H14N2O5S/c22-14-8-13(9-15(23)10-14)18(24)21-20-11-12-3-1-4-16(7-12)26-19(25)17-5-2-6-27-17/h1-11,22-23H,(H,21,24)/b20-11-. The first-order valence-corrected chi connectivity index (χ1v) is 8.61. The van der Waals surface area contributed by atoms with E-state index in [4.69, 9.17) is 4.74 Å². The predicted molar refractivity (Wildman–Crippen MR) is 101 cm³/mol. The van der Waals surface area contributed by atoms with Crippen molar-refractivity contribution in [1.29, 1.82) is 0 Å². The molecule has 0 saturated carbocycles. The fourth-order valence-electron chi connectivity index (χ4n) is 2.17.